The number of methoxy groups -OCH3 is 2. The Bertz CT molecular complexity index is 661. The summed E-state index contributed by atoms with van der Waals surface area (Å²) in [5.41, 5.74) is 6.56. The SMILES string of the molecule is CCN(CCCN=C(N)Nc1ccc(OC)c(OC)c1)S(C)(=O)=O. The molecule has 1 aromatic rings. The van der Waals surface area contributed by atoms with E-state index in [0.717, 1.165) is 5.69 Å². The lowest BCUT2D eigenvalue weighted by Gasteiger charge is -2.16. The number of aliphatic imine (C=N–C) groups is 1. The summed E-state index contributed by atoms with van der Waals surface area (Å²) in [6.45, 7) is 3.10. The fraction of sp³-hybridized carbons (Fsp3) is 0.533. The summed E-state index contributed by atoms with van der Waals surface area (Å²) in [4.78, 5) is 4.20. The molecule has 0 aliphatic rings. The van der Waals surface area contributed by atoms with Crippen molar-refractivity contribution < 1.29 is 17.9 Å². The summed E-state index contributed by atoms with van der Waals surface area (Å²) in [5, 5.41) is 2.96. The quantitative estimate of drug-likeness (QED) is 0.389. The highest BCUT2D eigenvalue weighted by molar-refractivity contribution is 7.88. The van der Waals surface area contributed by atoms with Crippen molar-refractivity contribution in [3.63, 3.8) is 0 Å². The summed E-state index contributed by atoms with van der Waals surface area (Å²) >= 11 is 0. The molecule has 0 amide bonds. The van der Waals surface area contributed by atoms with Crippen LogP contribution in [0, 0.1) is 0 Å². The van der Waals surface area contributed by atoms with Crippen LogP contribution in [0.15, 0.2) is 23.2 Å². The molecule has 0 radical (unpaired) electrons. The number of hydrogen-bond donors (Lipinski definition) is 2. The molecule has 1 aromatic carbocycles. The van der Waals surface area contributed by atoms with Crippen LogP contribution in [0.2, 0.25) is 0 Å². The highest BCUT2D eigenvalue weighted by atomic mass is 32.2. The van der Waals surface area contributed by atoms with Crippen molar-refractivity contribution >= 4 is 21.7 Å². The second-order valence-electron chi connectivity index (χ2n) is 5.07. The van der Waals surface area contributed by atoms with Crippen molar-refractivity contribution in [2.24, 2.45) is 10.7 Å². The number of nitrogens with two attached hydrogens (primary N) is 1. The standard InChI is InChI=1S/C15H26N4O4S/c1-5-19(24(4,20)21)10-6-9-17-15(16)18-12-7-8-13(22-2)14(11-12)23-3/h7-8,11H,5-6,9-10H2,1-4H3,(H3,16,17,18). The maximum Gasteiger partial charge on any atom is 0.211 e. The highest BCUT2D eigenvalue weighted by Crippen LogP contribution is 2.29. The molecule has 24 heavy (non-hydrogen) atoms. The fourth-order valence-electron chi connectivity index (χ4n) is 2.11. The monoisotopic (exact) mass is 358 g/mol. The van der Waals surface area contributed by atoms with Crippen molar-refractivity contribution in [2.45, 2.75) is 13.3 Å². The van der Waals surface area contributed by atoms with Crippen molar-refractivity contribution in [1.29, 1.82) is 0 Å². The average molecular weight is 358 g/mol. The predicted molar refractivity (Wildman–Crippen MR) is 96.4 cm³/mol. The third-order valence-electron chi connectivity index (χ3n) is 3.33. The van der Waals surface area contributed by atoms with E-state index in [1.54, 1.807) is 39.3 Å². The molecule has 8 nitrogen and oxygen atoms in total. The Morgan fingerprint density at radius 2 is 1.96 bits per heavy atom. The molecule has 0 fully saturated rings. The van der Waals surface area contributed by atoms with E-state index in [9.17, 15) is 8.42 Å². The zero-order chi connectivity index (χ0) is 18.2. The Morgan fingerprint density at radius 3 is 2.50 bits per heavy atom. The molecular weight excluding hydrogens is 332 g/mol. The van der Waals surface area contributed by atoms with Crippen LogP contribution in [0.3, 0.4) is 0 Å². The molecule has 0 spiro atoms. The van der Waals surface area contributed by atoms with Crippen molar-refractivity contribution in [3.05, 3.63) is 18.2 Å². The molecule has 0 aromatic heterocycles. The van der Waals surface area contributed by atoms with Gasteiger partial charge < -0.3 is 20.5 Å². The van der Waals surface area contributed by atoms with Gasteiger partial charge in [0.05, 0.1) is 20.5 Å². The van der Waals surface area contributed by atoms with Crippen LogP contribution in [0.1, 0.15) is 13.3 Å². The van der Waals surface area contributed by atoms with Gasteiger partial charge in [0, 0.05) is 31.4 Å². The number of rotatable bonds is 9. The van der Waals surface area contributed by atoms with E-state index >= 15 is 0 Å². The van der Waals surface area contributed by atoms with Crippen molar-refractivity contribution in [2.75, 3.05) is 45.4 Å². The van der Waals surface area contributed by atoms with Crippen LogP contribution in [0.5, 0.6) is 11.5 Å². The van der Waals surface area contributed by atoms with Crippen LogP contribution >= 0.6 is 0 Å². The van der Waals surface area contributed by atoms with Gasteiger partial charge in [-0.25, -0.2) is 12.7 Å². The third kappa shape index (κ3) is 6.25. The van der Waals surface area contributed by atoms with Crippen molar-refractivity contribution in [1.82, 2.24) is 4.31 Å². The second-order valence-corrected chi connectivity index (χ2v) is 7.05. The third-order valence-corrected chi connectivity index (χ3v) is 4.70. The summed E-state index contributed by atoms with van der Waals surface area (Å²) in [5.74, 6) is 1.46. The summed E-state index contributed by atoms with van der Waals surface area (Å²) in [6.07, 6.45) is 1.79. The number of guanidine groups is 1. The number of nitrogens with one attached hydrogen (secondary N) is 1. The first-order chi connectivity index (χ1) is 11.3. The second kappa shape index (κ2) is 9.33. The molecule has 0 unspecified atom stereocenters. The topological polar surface area (TPSA) is 106 Å². The van der Waals surface area contributed by atoms with E-state index < -0.39 is 10.0 Å². The number of sulfonamides is 1. The van der Waals surface area contributed by atoms with Crippen LogP contribution in [-0.2, 0) is 10.0 Å². The normalized spacial score (nSPS) is 12.3. The van der Waals surface area contributed by atoms with Crippen LogP contribution in [-0.4, -0.2) is 58.8 Å². The minimum absolute atomic E-state index is 0.254. The van der Waals surface area contributed by atoms with Gasteiger partial charge in [0.25, 0.3) is 0 Å². The van der Waals surface area contributed by atoms with Gasteiger partial charge in [0.15, 0.2) is 17.5 Å². The lowest BCUT2D eigenvalue weighted by Crippen LogP contribution is -2.31. The summed E-state index contributed by atoms with van der Waals surface area (Å²) in [7, 11) is -0.0441. The Labute approximate surface area is 143 Å². The molecule has 136 valence electrons. The summed E-state index contributed by atoms with van der Waals surface area (Å²) < 4.78 is 34.7. The Morgan fingerprint density at radius 1 is 1.29 bits per heavy atom. The van der Waals surface area contributed by atoms with Gasteiger partial charge in [-0.1, -0.05) is 6.92 Å². The fourth-order valence-corrected chi connectivity index (χ4v) is 3.04. The summed E-state index contributed by atoms with van der Waals surface area (Å²) in [6, 6.07) is 5.32. The maximum absolute atomic E-state index is 11.5. The highest BCUT2D eigenvalue weighted by Gasteiger charge is 2.13. The van der Waals surface area contributed by atoms with E-state index in [2.05, 4.69) is 10.3 Å². The van der Waals surface area contributed by atoms with E-state index in [4.69, 9.17) is 15.2 Å². The van der Waals surface area contributed by atoms with E-state index in [1.807, 2.05) is 0 Å². The number of ether oxygens (including phenoxy) is 2. The smallest absolute Gasteiger partial charge is 0.211 e. The maximum atomic E-state index is 11.5. The van der Waals surface area contributed by atoms with Gasteiger partial charge in [-0.05, 0) is 18.6 Å². The molecule has 0 aliphatic heterocycles. The number of benzene rings is 1. The largest absolute Gasteiger partial charge is 0.493 e. The Balaban J connectivity index is 2.56. The lowest BCUT2D eigenvalue weighted by molar-refractivity contribution is 0.355. The van der Waals surface area contributed by atoms with Crippen LogP contribution < -0.4 is 20.5 Å². The molecular formula is C15H26N4O4S. The minimum atomic E-state index is -3.17. The van der Waals surface area contributed by atoms with Gasteiger partial charge in [-0.2, -0.15) is 0 Å². The van der Waals surface area contributed by atoms with E-state index in [-0.39, 0.29) is 5.96 Å². The average Bonchev–Trinajstić information content (AvgIpc) is 2.53. The number of anilines is 1. The zero-order valence-corrected chi connectivity index (χ0v) is 15.4. The molecule has 1 rings (SSSR count). The lowest BCUT2D eigenvalue weighted by atomic mass is 10.3. The molecule has 0 aliphatic carbocycles. The number of hydrogen-bond acceptors (Lipinski definition) is 5. The first-order valence-electron chi connectivity index (χ1n) is 7.56. The Hall–Kier alpha value is -2.00. The first-order valence-corrected chi connectivity index (χ1v) is 9.40. The molecule has 3 N–H and O–H groups in total. The minimum Gasteiger partial charge on any atom is -0.493 e. The van der Waals surface area contributed by atoms with Crippen LogP contribution in [0.4, 0.5) is 5.69 Å². The zero-order valence-electron chi connectivity index (χ0n) is 14.6. The predicted octanol–water partition coefficient (Wildman–Crippen LogP) is 1.10. The van der Waals surface area contributed by atoms with E-state index in [0.29, 0.717) is 37.6 Å². The van der Waals surface area contributed by atoms with Crippen LogP contribution in [0.25, 0.3) is 0 Å². The molecule has 0 atom stereocenters. The Kier molecular flexibility index (Phi) is 7.80. The van der Waals surface area contributed by atoms with Crippen molar-refractivity contribution in [3.8, 4) is 11.5 Å². The molecule has 0 saturated carbocycles. The van der Waals surface area contributed by atoms with Gasteiger partial charge in [-0.15, -0.1) is 0 Å². The molecule has 9 heteroatoms. The molecule has 0 heterocycles. The van der Waals surface area contributed by atoms with Gasteiger partial charge in [-0.3, -0.25) is 4.99 Å². The first kappa shape index (κ1) is 20.0. The molecule has 0 bridgehead atoms. The molecule has 0 saturated heterocycles. The van der Waals surface area contributed by atoms with Gasteiger partial charge in [0.1, 0.15) is 0 Å². The van der Waals surface area contributed by atoms with Gasteiger partial charge in [0.2, 0.25) is 10.0 Å². The number of nitrogens with zero attached hydrogens (tertiary/aromatic N) is 2. The van der Waals surface area contributed by atoms with Gasteiger partial charge >= 0.3 is 0 Å². The van der Waals surface area contributed by atoms with E-state index in [1.165, 1.54) is 10.6 Å².